The summed E-state index contributed by atoms with van der Waals surface area (Å²) in [6.07, 6.45) is -3.44. The molecule has 0 radical (unpaired) electrons. The summed E-state index contributed by atoms with van der Waals surface area (Å²) in [4.78, 5) is 0. The lowest BCUT2D eigenvalue weighted by atomic mass is 9.77. The topological polar surface area (TPSA) is 186 Å². The highest BCUT2D eigenvalue weighted by atomic mass is 35.5. The second kappa shape index (κ2) is 20.6. The van der Waals surface area contributed by atoms with E-state index in [-0.39, 0.29) is 116 Å². The van der Waals surface area contributed by atoms with Crippen LogP contribution < -0.4 is 12.4 Å². The fourth-order valence-corrected chi connectivity index (χ4v) is 5.66. The third-order valence-electron chi connectivity index (χ3n) is 7.73. The Morgan fingerprint density at radius 2 is 1.41 bits per heavy atom. The van der Waals surface area contributed by atoms with Gasteiger partial charge < -0.3 is 80.7 Å². The summed E-state index contributed by atoms with van der Waals surface area (Å²) in [7, 11) is 0. The molecular weight excluding hydrogens is 570 g/mol. The average molecular weight is 622 g/mol. The van der Waals surface area contributed by atoms with Crippen molar-refractivity contribution in [2.75, 3.05) is 112 Å². The van der Waals surface area contributed by atoms with Crippen LogP contribution in [0.4, 0.5) is 0 Å². The molecular formula is C26H52ClNO13. The summed E-state index contributed by atoms with van der Waals surface area (Å²) in [5.41, 5.74) is -1.23. The normalized spacial score (nSPS) is 29.1. The molecule has 0 amide bonds. The minimum absolute atomic E-state index is 0. The van der Waals surface area contributed by atoms with Gasteiger partial charge in [0.05, 0.1) is 77.8 Å². The predicted octanol–water partition coefficient (Wildman–Crippen LogP) is -5.70. The van der Waals surface area contributed by atoms with Crippen molar-refractivity contribution in [2.24, 2.45) is 11.8 Å². The van der Waals surface area contributed by atoms with E-state index in [1.54, 1.807) is 0 Å². The van der Waals surface area contributed by atoms with Crippen LogP contribution in [-0.2, 0) is 33.2 Å². The van der Waals surface area contributed by atoms with Crippen LogP contribution in [-0.4, -0.2) is 178 Å². The van der Waals surface area contributed by atoms with E-state index in [2.05, 4.69) is 0 Å². The highest BCUT2D eigenvalue weighted by molar-refractivity contribution is 5.07. The van der Waals surface area contributed by atoms with Crippen LogP contribution >= 0.6 is 0 Å². The molecule has 246 valence electrons. The molecule has 2 heterocycles. The summed E-state index contributed by atoms with van der Waals surface area (Å²) in [6.45, 7) is 5.22. The van der Waals surface area contributed by atoms with Crippen LogP contribution in [0.3, 0.4) is 0 Å². The zero-order valence-electron chi connectivity index (χ0n) is 24.4. The molecule has 0 aromatic heterocycles. The maximum atomic E-state index is 10.9. The Morgan fingerprint density at radius 3 is 1.98 bits per heavy atom. The number of halogens is 1. The Hall–Kier alpha value is -0.270. The first-order chi connectivity index (χ1) is 19.3. The molecule has 2 saturated heterocycles. The zero-order valence-corrected chi connectivity index (χ0v) is 25.1. The van der Waals surface area contributed by atoms with E-state index in [0.717, 1.165) is 0 Å². The van der Waals surface area contributed by atoms with E-state index in [0.29, 0.717) is 13.2 Å². The van der Waals surface area contributed by atoms with Crippen LogP contribution in [0.25, 0.3) is 0 Å². The van der Waals surface area contributed by atoms with Crippen molar-refractivity contribution in [3.8, 4) is 0 Å². The van der Waals surface area contributed by atoms with Gasteiger partial charge in [0.25, 0.3) is 0 Å². The van der Waals surface area contributed by atoms with Crippen LogP contribution in [0.15, 0.2) is 0 Å². The third kappa shape index (κ3) is 11.3. The van der Waals surface area contributed by atoms with E-state index in [9.17, 15) is 30.6 Å². The van der Waals surface area contributed by atoms with E-state index < -0.39 is 41.9 Å². The zero-order chi connectivity index (χ0) is 29.4. The number of rotatable bonds is 23. The van der Waals surface area contributed by atoms with Gasteiger partial charge in [-0.15, -0.1) is 0 Å². The van der Waals surface area contributed by atoms with Crippen LogP contribution in [0.2, 0.25) is 0 Å². The molecule has 41 heavy (non-hydrogen) atoms. The lowest BCUT2D eigenvalue weighted by molar-refractivity contribution is -0.931. The molecule has 2 aliphatic heterocycles. The van der Waals surface area contributed by atoms with Gasteiger partial charge >= 0.3 is 0 Å². The van der Waals surface area contributed by atoms with E-state index in [1.165, 1.54) is 0 Å². The smallest absolute Gasteiger partial charge is 0.146 e. The molecule has 2 rings (SSSR count). The second-order valence-electron chi connectivity index (χ2n) is 10.4. The summed E-state index contributed by atoms with van der Waals surface area (Å²) >= 11 is 0. The summed E-state index contributed by atoms with van der Waals surface area (Å²) < 4.78 is 40.2. The number of ether oxygens (including phenoxy) is 7. The van der Waals surface area contributed by atoms with Crippen LogP contribution in [0, 0.1) is 11.8 Å². The Morgan fingerprint density at radius 1 is 0.829 bits per heavy atom. The standard InChI is InChI=1S/C26H52NO13.ClH/c1-3-34-18-37-13-21-23(32)15-39-25(21)26(22(24(33)16-40-26)14-38-19-35-4-2)17-36-12-20(31)11-27(5-8-28,6-9-29)7-10-30;/h20-25,28-33H,3-19H2,1-2H3;1H/q+1;/p-1. The number of aliphatic hydroxyl groups is 6. The molecule has 0 saturated carbocycles. The molecule has 14 nitrogen and oxygen atoms in total. The van der Waals surface area contributed by atoms with Crippen molar-refractivity contribution in [3.05, 3.63) is 0 Å². The molecule has 2 aliphatic rings. The van der Waals surface area contributed by atoms with Crippen LogP contribution in [0.5, 0.6) is 0 Å². The number of hydrogen-bond acceptors (Lipinski definition) is 13. The van der Waals surface area contributed by atoms with Gasteiger partial charge in [-0.3, -0.25) is 0 Å². The van der Waals surface area contributed by atoms with Gasteiger partial charge in [0.1, 0.15) is 51.5 Å². The molecule has 0 aliphatic carbocycles. The van der Waals surface area contributed by atoms with Gasteiger partial charge in [0.15, 0.2) is 0 Å². The third-order valence-corrected chi connectivity index (χ3v) is 7.73. The molecule has 6 N–H and O–H groups in total. The van der Waals surface area contributed by atoms with Gasteiger partial charge in [-0.25, -0.2) is 0 Å². The molecule has 0 aromatic carbocycles. The maximum absolute atomic E-state index is 10.9. The molecule has 0 spiro atoms. The van der Waals surface area contributed by atoms with Crippen molar-refractivity contribution in [1.82, 2.24) is 0 Å². The fourth-order valence-electron chi connectivity index (χ4n) is 5.66. The quantitative estimate of drug-likeness (QED) is 0.0360. The van der Waals surface area contributed by atoms with E-state index in [4.69, 9.17) is 33.2 Å². The fraction of sp³-hybridized carbons (Fsp3) is 1.00. The van der Waals surface area contributed by atoms with Crippen LogP contribution in [0.1, 0.15) is 13.8 Å². The maximum Gasteiger partial charge on any atom is 0.146 e. The number of hydrogen-bond donors (Lipinski definition) is 6. The van der Waals surface area contributed by atoms with Crippen molar-refractivity contribution < 1.29 is 80.7 Å². The lowest BCUT2D eigenvalue weighted by Gasteiger charge is -2.42. The lowest BCUT2D eigenvalue weighted by Crippen LogP contribution is -3.00. The minimum atomic E-state index is -1.23. The molecule has 7 atom stereocenters. The first-order valence-electron chi connectivity index (χ1n) is 14.2. The predicted molar refractivity (Wildman–Crippen MR) is 140 cm³/mol. The highest BCUT2D eigenvalue weighted by Crippen LogP contribution is 2.43. The number of quaternary nitrogens is 1. The Bertz CT molecular complexity index is 652. The second-order valence-corrected chi connectivity index (χ2v) is 10.4. The molecule has 0 aromatic rings. The van der Waals surface area contributed by atoms with Gasteiger partial charge in [-0.1, -0.05) is 0 Å². The largest absolute Gasteiger partial charge is 1.00 e. The first kappa shape index (κ1) is 38.8. The molecule has 15 heteroatoms. The first-order valence-corrected chi connectivity index (χ1v) is 14.2. The molecule has 2 fully saturated rings. The summed E-state index contributed by atoms with van der Waals surface area (Å²) in [5, 5.41) is 61.1. The molecule has 7 unspecified atom stereocenters. The minimum Gasteiger partial charge on any atom is -1.00 e. The summed E-state index contributed by atoms with van der Waals surface area (Å²) in [5.74, 6) is -1.10. The summed E-state index contributed by atoms with van der Waals surface area (Å²) in [6, 6.07) is 0. The highest BCUT2D eigenvalue weighted by Gasteiger charge is 2.60. The van der Waals surface area contributed by atoms with Gasteiger partial charge in [0.2, 0.25) is 0 Å². The van der Waals surface area contributed by atoms with Crippen molar-refractivity contribution in [1.29, 1.82) is 0 Å². The SMILES string of the molecule is CCOCOCC1C(O)COC1C1(COCC(O)C[N+](CCO)(CCO)CCO)OCC(O)C1COCOCC.[Cl-]. The van der Waals surface area contributed by atoms with Gasteiger partial charge in [0, 0.05) is 25.0 Å². The van der Waals surface area contributed by atoms with E-state index >= 15 is 0 Å². The monoisotopic (exact) mass is 621 g/mol. The van der Waals surface area contributed by atoms with Gasteiger partial charge in [-0.05, 0) is 13.8 Å². The number of nitrogens with zero attached hydrogens (tertiary/aromatic N) is 1. The van der Waals surface area contributed by atoms with Crippen molar-refractivity contribution in [3.63, 3.8) is 0 Å². The average Bonchev–Trinajstić information content (AvgIpc) is 3.44. The number of aliphatic hydroxyl groups excluding tert-OH is 6. The van der Waals surface area contributed by atoms with Gasteiger partial charge in [-0.2, -0.15) is 0 Å². The van der Waals surface area contributed by atoms with Crippen molar-refractivity contribution >= 4 is 0 Å². The van der Waals surface area contributed by atoms with E-state index in [1.807, 2.05) is 13.8 Å². The Kier molecular flexibility index (Phi) is 19.5. The Balaban J connectivity index is 0.00000840. The molecule has 0 bridgehead atoms. The Labute approximate surface area is 249 Å². The van der Waals surface area contributed by atoms with Crippen molar-refractivity contribution in [2.45, 2.75) is 43.9 Å².